The number of anilines is 1. The second kappa shape index (κ2) is 7.05. The molecular formula is C18H23N3S. The monoisotopic (exact) mass is 313 g/mol. The number of aliphatic imine (C=N–C) groups is 1. The van der Waals surface area contributed by atoms with Crippen LogP contribution in [0.4, 0.5) is 10.8 Å². The summed E-state index contributed by atoms with van der Waals surface area (Å²) in [5, 5.41) is 0.903. The fourth-order valence-corrected chi connectivity index (χ4v) is 3.88. The molecule has 1 aromatic carbocycles. The highest BCUT2D eigenvalue weighted by Gasteiger charge is 2.14. The summed E-state index contributed by atoms with van der Waals surface area (Å²) in [5.74, 6) is 0. The topological polar surface area (TPSA) is 28.5 Å². The van der Waals surface area contributed by atoms with E-state index in [0.29, 0.717) is 0 Å². The van der Waals surface area contributed by atoms with E-state index in [1.54, 1.807) is 11.3 Å². The lowest BCUT2D eigenvalue weighted by atomic mass is 10.0. The Morgan fingerprint density at radius 3 is 2.55 bits per heavy atom. The molecule has 0 spiro atoms. The number of benzene rings is 1. The van der Waals surface area contributed by atoms with Gasteiger partial charge >= 0.3 is 0 Å². The highest BCUT2D eigenvalue weighted by Crippen LogP contribution is 2.31. The Morgan fingerprint density at radius 2 is 1.86 bits per heavy atom. The standard InChI is InChI=1S/C18H23N3S/c1-3-21(4-2)15-11-9-14(10-12-15)13-19-18-20-16-7-5-6-8-17(16)22-18/h9-13H,3-8H2,1-2H3/b19-13+. The van der Waals surface area contributed by atoms with Crippen molar-refractivity contribution < 1.29 is 0 Å². The maximum absolute atomic E-state index is 4.65. The van der Waals surface area contributed by atoms with Crippen LogP contribution in [0.1, 0.15) is 42.8 Å². The molecular weight excluding hydrogens is 290 g/mol. The minimum atomic E-state index is 0.903. The Balaban J connectivity index is 1.71. The van der Waals surface area contributed by atoms with Crippen molar-refractivity contribution in [3.05, 3.63) is 40.4 Å². The Labute approximate surface area is 136 Å². The molecule has 0 fully saturated rings. The number of aryl methyl sites for hydroxylation is 2. The van der Waals surface area contributed by atoms with Crippen molar-refractivity contribution in [2.45, 2.75) is 39.5 Å². The fourth-order valence-electron chi connectivity index (χ4n) is 2.88. The lowest BCUT2D eigenvalue weighted by molar-refractivity contribution is 0.682. The number of rotatable bonds is 5. The van der Waals surface area contributed by atoms with Crippen molar-refractivity contribution in [2.75, 3.05) is 18.0 Å². The molecule has 0 N–H and O–H groups in total. The van der Waals surface area contributed by atoms with E-state index >= 15 is 0 Å². The SMILES string of the molecule is CCN(CC)c1ccc(/C=N/c2nc3c(s2)CCCC3)cc1. The molecule has 2 aromatic rings. The zero-order valence-electron chi connectivity index (χ0n) is 13.4. The summed E-state index contributed by atoms with van der Waals surface area (Å²) in [7, 11) is 0. The van der Waals surface area contributed by atoms with Gasteiger partial charge in [-0.1, -0.05) is 23.5 Å². The van der Waals surface area contributed by atoms with Crippen molar-refractivity contribution in [1.82, 2.24) is 4.98 Å². The van der Waals surface area contributed by atoms with Crippen LogP contribution in [0.2, 0.25) is 0 Å². The van der Waals surface area contributed by atoms with Gasteiger partial charge in [-0.15, -0.1) is 0 Å². The van der Waals surface area contributed by atoms with E-state index in [-0.39, 0.29) is 0 Å². The molecule has 1 aliphatic rings. The largest absolute Gasteiger partial charge is 0.372 e. The molecule has 116 valence electrons. The molecule has 0 atom stereocenters. The van der Waals surface area contributed by atoms with Crippen LogP contribution < -0.4 is 4.90 Å². The molecule has 0 aliphatic heterocycles. The van der Waals surface area contributed by atoms with Crippen molar-refractivity contribution in [3.63, 3.8) is 0 Å². The van der Waals surface area contributed by atoms with Gasteiger partial charge < -0.3 is 4.90 Å². The lowest BCUT2D eigenvalue weighted by Gasteiger charge is -2.20. The van der Waals surface area contributed by atoms with E-state index in [9.17, 15) is 0 Å². The van der Waals surface area contributed by atoms with E-state index in [4.69, 9.17) is 0 Å². The van der Waals surface area contributed by atoms with Gasteiger partial charge in [0.05, 0.1) is 5.69 Å². The first-order chi connectivity index (χ1) is 10.8. The van der Waals surface area contributed by atoms with Crippen LogP contribution in [-0.2, 0) is 12.8 Å². The summed E-state index contributed by atoms with van der Waals surface area (Å²) >= 11 is 1.75. The van der Waals surface area contributed by atoms with Gasteiger partial charge in [0.2, 0.25) is 5.13 Å². The van der Waals surface area contributed by atoms with Crippen molar-refractivity contribution >= 4 is 28.4 Å². The molecule has 0 bridgehead atoms. The molecule has 3 nitrogen and oxygen atoms in total. The predicted octanol–water partition coefficient (Wildman–Crippen LogP) is 4.62. The molecule has 0 unspecified atom stereocenters. The summed E-state index contributed by atoms with van der Waals surface area (Å²) < 4.78 is 0. The van der Waals surface area contributed by atoms with E-state index in [1.807, 2.05) is 6.21 Å². The minimum absolute atomic E-state index is 0.903. The number of hydrogen-bond acceptors (Lipinski definition) is 4. The van der Waals surface area contributed by atoms with E-state index in [0.717, 1.165) is 30.2 Å². The lowest BCUT2D eigenvalue weighted by Crippen LogP contribution is -2.21. The van der Waals surface area contributed by atoms with Crippen molar-refractivity contribution in [2.24, 2.45) is 4.99 Å². The van der Waals surface area contributed by atoms with Gasteiger partial charge in [-0.25, -0.2) is 9.98 Å². The third-order valence-electron chi connectivity index (χ3n) is 4.18. The number of fused-ring (bicyclic) bond motifs is 1. The third-order valence-corrected chi connectivity index (χ3v) is 5.25. The molecule has 1 aliphatic carbocycles. The second-order valence-electron chi connectivity index (χ2n) is 5.60. The molecule has 1 aromatic heterocycles. The van der Waals surface area contributed by atoms with Gasteiger partial charge in [0.15, 0.2) is 0 Å². The second-order valence-corrected chi connectivity index (χ2v) is 6.66. The first-order valence-corrected chi connectivity index (χ1v) is 8.99. The van der Waals surface area contributed by atoms with Gasteiger partial charge in [-0.3, -0.25) is 0 Å². The van der Waals surface area contributed by atoms with Crippen LogP contribution in [0.5, 0.6) is 0 Å². The number of nitrogens with zero attached hydrogens (tertiary/aromatic N) is 3. The highest BCUT2D eigenvalue weighted by molar-refractivity contribution is 7.15. The summed E-state index contributed by atoms with van der Waals surface area (Å²) in [4.78, 5) is 13.0. The minimum Gasteiger partial charge on any atom is -0.372 e. The first-order valence-electron chi connectivity index (χ1n) is 8.17. The van der Waals surface area contributed by atoms with Gasteiger partial charge in [0.25, 0.3) is 0 Å². The Bertz CT molecular complexity index is 615. The molecule has 0 saturated carbocycles. The van der Waals surface area contributed by atoms with Gasteiger partial charge in [-0.2, -0.15) is 0 Å². The van der Waals surface area contributed by atoms with Crippen LogP contribution >= 0.6 is 11.3 Å². The van der Waals surface area contributed by atoms with Gasteiger partial charge in [0, 0.05) is 29.9 Å². The Morgan fingerprint density at radius 1 is 1.14 bits per heavy atom. The molecule has 4 heteroatoms. The fraction of sp³-hybridized carbons (Fsp3) is 0.444. The van der Waals surface area contributed by atoms with E-state index in [1.165, 1.54) is 35.5 Å². The van der Waals surface area contributed by atoms with Crippen LogP contribution in [0.15, 0.2) is 29.3 Å². The summed E-state index contributed by atoms with van der Waals surface area (Å²) in [6.45, 7) is 6.44. The number of hydrogen-bond donors (Lipinski definition) is 0. The van der Waals surface area contributed by atoms with Crippen LogP contribution in [-0.4, -0.2) is 24.3 Å². The van der Waals surface area contributed by atoms with E-state index in [2.05, 4.69) is 53.0 Å². The smallest absolute Gasteiger partial charge is 0.209 e. The molecule has 0 amide bonds. The van der Waals surface area contributed by atoms with Crippen LogP contribution in [0.3, 0.4) is 0 Å². The average molecular weight is 313 g/mol. The quantitative estimate of drug-likeness (QED) is 0.754. The van der Waals surface area contributed by atoms with Crippen molar-refractivity contribution in [3.8, 4) is 0 Å². The summed E-state index contributed by atoms with van der Waals surface area (Å²) in [5.41, 5.74) is 3.68. The van der Waals surface area contributed by atoms with Crippen LogP contribution in [0, 0.1) is 0 Å². The maximum atomic E-state index is 4.65. The van der Waals surface area contributed by atoms with Gasteiger partial charge in [-0.05, 0) is 57.2 Å². The summed E-state index contributed by atoms with van der Waals surface area (Å²) in [6, 6.07) is 8.60. The van der Waals surface area contributed by atoms with Crippen molar-refractivity contribution in [1.29, 1.82) is 0 Å². The van der Waals surface area contributed by atoms with Crippen LogP contribution in [0.25, 0.3) is 0 Å². The number of aromatic nitrogens is 1. The summed E-state index contributed by atoms with van der Waals surface area (Å²) in [6.07, 6.45) is 6.80. The molecule has 3 rings (SSSR count). The average Bonchev–Trinajstić information content (AvgIpc) is 2.98. The van der Waals surface area contributed by atoms with E-state index < -0.39 is 0 Å². The maximum Gasteiger partial charge on any atom is 0.209 e. The predicted molar refractivity (Wildman–Crippen MR) is 96.0 cm³/mol. The zero-order valence-corrected chi connectivity index (χ0v) is 14.2. The molecule has 0 saturated heterocycles. The Hall–Kier alpha value is -1.68. The third kappa shape index (κ3) is 3.38. The first kappa shape index (κ1) is 15.2. The highest BCUT2D eigenvalue weighted by atomic mass is 32.1. The molecule has 0 radical (unpaired) electrons. The molecule has 1 heterocycles. The number of thiazole rings is 1. The Kier molecular flexibility index (Phi) is 4.88. The normalized spacial score (nSPS) is 14.3. The zero-order chi connectivity index (χ0) is 15.4. The van der Waals surface area contributed by atoms with Gasteiger partial charge in [0.1, 0.15) is 0 Å². The molecule has 22 heavy (non-hydrogen) atoms.